The Kier molecular flexibility index (Phi) is 5.13. The topological polar surface area (TPSA) is 118 Å². The standard InChI is InChI=1S/C16H20N4O5/c1-10(9-14(22)23)8-13(21)17-11-2-3-12(16-15(11)18-25-19-16)20-4-6-24-7-5-20/h2-3,10H,4-9H2,1H3,(H,17,21)(H,22,23)/t10-/m0/s1. The number of benzene rings is 1. The number of morpholine rings is 1. The lowest BCUT2D eigenvalue weighted by molar-refractivity contribution is -0.138. The molecule has 0 aliphatic carbocycles. The van der Waals surface area contributed by atoms with Gasteiger partial charge in [-0.05, 0) is 28.4 Å². The van der Waals surface area contributed by atoms with Gasteiger partial charge < -0.3 is 20.1 Å². The summed E-state index contributed by atoms with van der Waals surface area (Å²) < 4.78 is 10.2. The first-order valence-corrected chi connectivity index (χ1v) is 8.14. The Morgan fingerprint density at radius 3 is 2.68 bits per heavy atom. The van der Waals surface area contributed by atoms with E-state index in [4.69, 9.17) is 14.5 Å². The van der Waals surface area contributed by atoms with Crippen molar-refractivity contribution in [1.29, 1.82) is 0 Å². The minimum Gasteiger partial charge on any atom is -0.481 e. The molecule has 9 nitrogen and oxygen atoms in total. The van der Waals surface area contributed by atoms with Crippen molar-refractivity contribution in [3.63, 3.8) is 0 Å². The highest BCUT2D eigenvalue weighted by Gasteiger charge is 2.20. The number of nitrogens with one attached hydrogen (secondary N) is 1. The van der Waals surface area contributed by atoms with E-state index in [1.165, 1.54) is 0 Å². The Morgan fingerprint density at radius 1 is 1.24 bits per heavy atom. The summed E-state index contributed by atoms with van der Waals surface area (Å²) in [5.74, 6) is -1.44. The molecular weight excluding hydrogens is 328 g/mol. The number of amides is 1. The van der Waals surface area contributed by atoms with Crippen molar-refractivity contribution >= 4 is 34.3 Å². The molecule has 134 valence electrons. The first-order valence-electron chi connectivity index (χ1n) is 8.14. The fourth-order valence-corrected chi connectivity index (χ4v) is 2.90. The van der Waals surface area contributed by atoms with E-state index >= 15 is 0 Å². The van der Waals surface area contributed by atoms with Crippen LogP contribution in [0.3, 0.4) is 0 Å². The number of rotatable bonds is 6. The van der Waals surface area contributed by atoms with Crippen LogP contribution in [0.4, 0.5) is 11.4 Å². The number of fused-ring (bicyclic) bond motifs is 1. The van der Waals surface area contributed by atoms with Gasteiger partial charge in [0.05, 0.1) is 24.6 Å². The number of aliphatic carboxylic acids is 1. The molecule has 0 saturated carbocycles. The molecule has 0 bridgehead atoms. The van der Waals surface area contributed by atoms with Crippen LogP contribution in [-0.2, 0) is 14.3 Å². The first kappa shape index (κ1) is 17.2. The van der Waals surface area contributed by atoms with Gasteiger partial charge in [0.15, 0.2) is 11.0 Å². The molecule has 1 atom stereocenters. The van der Waals surface area contributed by atoms with Crippen LogP contribution in [0.15, 0.2) is 16.8 Å². The van der Waals surface area contributed by atoms with E-state index < -0.39 is 5.97 Å². The fraction of sp³-hybridized carbons (Fsp3) is 0.500. The van der Waals surface area contributed by atoms with Crippen molar-refractivity contribution in [2.24, 2.45) is 5.92 Å². The molecule has 9 heteroatoms. The zero-order valence-corrected chi connectivity index (χ0v) is 13.9. The lowest BCUT2D eigenvalue weighted by Gasteiger charge is -2.28. The van der Waals surface area contributed by atoms with Gasteiger partial charge in [0.25, 0.3) is 0 Å². The van der Waals surface area contributed by atoms with Crippen LogP contribution < -0.4 is 10.2 Å². The zero-order valence-electron chi connectivity index (χ0n) is 13.9. The molecule has 2 heterocycles. The van der Waals surface area contributed by atoms with Crippen molar-refractivity contribution in [3.05, 3.63) is 12.1 Å². The Balaban J connectivity index is 1.75. The first-order chi connectivity index (χ1) is 12.0. The highest BCUT2D eigenvalue weighted by Crippen LogP contribution is 2.30. The molecule has 1 saturated heterocycles. The number of carbonyl (C=O) groups excluding carboxylic acids is 1. The molecule has 1 aliphatic heterocycles. The summed E-state index contributed by atoms with van der Waals surface area (Å²) in [5, 5.41) is 19.4. The van der Waals surface area contributed by atoms with E-state index in [0.717, 1.165) is 18.8 Å². The number of ether oxygens (including phenoxy) is 1. The number of carbonyl (C=O) groups is 2. The lowest BCUT2D eigenvalue weighted by Crippen LogP contribution is -2.36. The molecule has 1 aromatic carbocycles. The third kappa shape index (κ3) is 4.05. The maximum atomic E-state index is 12.1. The van der Waals surface area contributed by atoms with E-state index in [1.54, 1.807) is 13.0 Å². The van der Waals surface area contributed by atoms with Crippen LogP contribution in [0.5, 0.6) is 0 Å². The van der Waals surface area contributed by atoms with Crippen molar-refractivity contribution in [2.45, 2.75) is 19.8 Å². The second kappa shape index (κ2) is 7.47. The van der Waals surface area contributed by atoms with Gasteiger partial charge in [0, 0.05) is 25.9 Å². The van der Waals surface area contributed by atoms with Crippen LogP contribution >= 0.6 is 0 Å². The Hall–Kier alpha value is -2.68. The number of hydrogen-bond acceptors (Lipinski definition) is 7. The minimum atomic E-state index is -0.918. The summed E-state index contributed by atoms with van der Waals surface area (Å²) in [5.41, 5.74) is 2.44. The van der Waals surface area contributed by atoms with Crippen molar-refractivity contribution < 1.29 is 24.1 Å². The summed E-state index contributed by atoms with van der Waals surface area (Å²) in [7, 11) is 0. The molecule has 1 fully saturated rings. The quantitative estimate of drug-likeness (QED) is 0.806. The van der Waals surface area contributed by atoms with E-state index in [2.05, 4.69) is 20.5 Å². The predicted molar refractivity (Wildman–Crippen MR) is 89.5 cm³/mol. The number of nitrogens with zero attached hydrogens (tertiary/aromatic N) is 3. The highest BCUT2D eigenvalue weighted by molar-refractivity contribution is 6.03. The van der Waals surface area contributed by atoms with Gasteiger partial charge in [-0.25, -0.2) is 4.63 Å². The number of anilines is 2. The van der Waals surface area contributed by atoms with E-state index in [0.29, 0.717) is 29.9 Å². The second-order valence-electron chi connectivity index (χ2n) is 6.15. The van der Waals surface area contributed by atoms with Crippen LogP contribution in [0, 0.1) is 5.92 Å². The van der Waals surface area contributed by atoms with Crippen LogP contribution in [0.25, 0.3) is 11.0 Å². The Labute approximate surface area is 143 Å². The largest absolute Gasteiger partial charge is 0.481 e. The molecule has 2 aromatic rings. The normalized spacial score (nSPS) is 16.0. The van der Waals surface area contributed by atoms with Gasteiger partial charge in [-0.15, -0.1) is 0 Å². The summed E-state index contributed by atoms with van der Waals surface area (Å²) in [4.78, 5) is 25.0. The Bertz CT molecular complexity index is 769. The Morgan fingerprint density at radius 2 is 1.96 bits per heavy atom. The summed E-state index contributed by atoms with van der Waals surface area (Å²) in [6, 6.07) is 3.63. The van der Waals surface area contributed by atoms with Gasteiger partial charge in [-0.3, -0.25) is 9.59 Å². The molecule has 1 amide bonds. The minimum absolute atomic E-state index is 0.0513. The number of carboxylic acids is 1. The molecule has 1 aliphatic rings. The van der Waals surface area contributed by atoms with Gasteiger partial charge >= 0.3 is 5.97 Å². The van der Waals surface area contributed by atoms with E-state index in [9.17, 15) is 9.59 Å². The van der Waals surface area contributed by atoms with Crippen molar-refractivity contribution in [2.75, 3.05) is 36.5 Å². The van der Waals surface area contributed by atoms with E-state index in [-0.39, 0.29) is 24.7 Å². The molecule has 0 radical (unpaired) electrons. The third-order valence-electron chi connectivity index (χ3n) is 4.08. The zero-order chi connectivity index (χ0) is 17.8. The maximum absolute atomic E-state index is 12.1. The van der Waals surface area contributed by atoms with Gasteiger partial charge in [0.2, 0.25) is 5.91 Å². The monoisotopic (exact) mass is 348 g/mol. The SMILES string of the molecule is C[C@H](CC(=O)O)CC(=O)Nc1ccc(N2CCOCC2)c2nonc12. The number of aromatic nitrogens is 2. The predicted octanol–water partition coefficient (Wildman–Crippen LogP) is 1.50. The molecule has 2 N–H and O–H groups in total. The van der Waals surface area contributed by atoms with Gasteiger partial charge in [0.1, 0.15) is 0 Å². The summed E-state index contributed by atoms with van der Waals surface area (Å²) >= 11 is 0. The fourth-order valence-electron chi connectivity index (χ4n) is 2.90. The van der Waals surface area contributed by atoms with Crippen molar-refractivity contribution in [3.8, 4) is 0 Å². The molecule has 0 spiro atoms. The van der Waals surface area contributed by atoms with Crippen LogP contribution in [-0.4, -0.2) is 53.6 Å². The highest BCUT2D eigenvalue weighted by atomic mass is 16.6. The van der Waals surface area contributed by atoms with Gasteiger partial charge in [-0.1, -0.05) is 6.92 Å². The third-order valence-corrected chi connectivity index (χ3v) is 4.08. The molecule has 0 unspecified atom stereocenters. The van der Waals surface area contributed by atoms with E-state index in [1.807, 2.05) is 6.07 Å². The summed E-state index contributed by atoms with van der Waals surface area (Å²) in [6.45, 7) is 4.52. The van der Waals surface area contributed by atoms with Crippen LogP contribution in [0.1, 0.15) is 19.8 Å². The average Bonchev–Trinajstić information content (AvgIpc) is 3.05. The second-order valence-corrected chi connectivity index (χ2v) is 6.15. The summed E-state index contributed by atoms with van der Waals surface area (Å²) in [6.07, 6.45) is 0.0641. The molecule has 25 heavy (non-hydrogen) atoms. The molecule has 1 aromatic heterocycles. The van der Waals surface area contributed by atoms with Crippen molar-refractivity contribution in [1.82, 2.24) is 10.3 Å². The molecule has 3 rings (SSSR count). The smallest absolute Gasteiger partial charge is 0.303 e. The molecular formula is C16H20N4O5. The van der Waals surface area contributed by atoms with Gasteiger partial charge in [-0.2, -0.15) is 0 Å². The van der Waals surface area contributed by atoms with Crippen LogP contribution in [0.2, 0.25) is 0 Å². The maximum Gasteiger partial charge on any atom is 0.303 e. The number of hydrogen-bond donors (Lipinski definition) is 2. The average molecular weight is 348 g/mol. The lowest BCUT2D eigenvalue weighted by atomic mass is 10.0. The number of carboxylic acid groups (broad SMARTS) is 1.